The van der Waals surface area contributed by atoms with Gasteiger partial charge in [0.2, 0.25) is 0 Å². The molecule has 117 heavy (non-hydrogen) atoms. The number of nitrogens with one attached hydrogen (secondary N) is 4. The van der Waals surface area contributed by atoms with Gasteiger partial charge in [0, 0.05) is 142 Å². The van der Waals surface area contributed by atoms with Crippen molar-refractivity contribution in [1.82, 2.24) is 21.3 Å². The van der Waals surface area contributed by atoms with Crippen molar-refractivity contribution >= 4 is 129 Å². The van der Waals surface area contributed by atoms with Crippen molar-refractivity contribution < 1.29 is 88.4 Å². The van der Waals surface area contributed by atoms with E-state index in [9.17, 15) is 0 Å². The van der Waals surface area contributed by atoms with Gasteiger partial charge in [-0.05, 0) is 350 Å². The molecule has 0 aromatic rings. The molecule has 0 aromatic carbocycles. The van der Waals surface area contributed by atoms with E-state index in [4.69, 9.17) is 19.2 Å². The third-order valence-corrected chi connectivity index (χ3v) is 61.2. The van der Waals surface area contributed by atoms with Gasteiger partial charge in [-0.2, -0.15) is 0 Å². The first kappa shape index (κ1) is 121. The molecule has 0 aromatic heterocycles. The molecule has 4 N–H and O–H groups in total. The van der Waals surface area contributed by atoms with Crippen LogP contribution in [0.4, 0.5) is 0 Å². The molecule has 4 unspecified atom stereocenters. The fraction of sp³-hybridized carbons (Fsp3) is 0.957. The van der Waals surface area contributed by atoms with Crippen LogP contribution in [0.1, 0.15) is 316 Å². The Morgan fingerprint density at radius 2 is 0.598 bits per heavy atom. The molecule has 0 saturated heterocycles. The Balaban J connectivity index is 0.000000770. The molecule has 0 heterocycles. The molecular weight excluding hydrogens is 2030 g/mol. The minimum atomic E-state index is -0.358. The van der Waals surface area contributed by atoms with Gasteiger partial charge < -0.3 is 40.4 Å². The molecule has 8 nitrogen and oxygen atoms in total. The SMILES string of the molecule is CC(C)[PH+](C)CCNCC[PH+](C(C)C)C(C)C.C[PH+](CCNCC[PH+](C(C)(C)C)C(C)(C)C)C(C)(C)C.C[PH+](CCNCC[PH+](C12CC3CC(CC(C3)C1)C2)C12CC3CC(CC(C3)C1)C2)C12CC3CC(CC(C3)C1)C2.C[PH+](CCNCC[PH+](C1CCCCC1)C1CCCCC1)C1CCCCC1.[CH-]=O.[CH-]=O.[CH-]=O.[CH-]=O.[Cl][RuH+2].[Cl][RuH+2].[Cl][RuH+2].[Cl][RuH+2]. The molecule has 0 radical (unpaired) electrons. The maximum absolute atomic E-state index is 7.75. The first-order chi connectivity index (χ1) is 55.9. The summed E-state index contributed by atoms with van der Waals surface area (Å²) in [7, 11) is 16.9. The summed E-state index contributed by atoms with van der Waals surface area (Å²) in [6, 6.07) is 0. The van der Waals surface area contributed by atoms with Crippen LogP contribution in [0.2, 0.25) is 0 Å². The third-order valence-electron chi connectivity index (χ3n) is 31.5. The summed E-state index contributed by atoms with van der Waals surface area (Å²) >= 11 is 6.49. The molecule has 0 aliphatic heterocycles. The van der Waals surface area contributed by atoms with Gasteiger partial charge in [-0.15, -0.1) is 0 Å². The van der Waals surface area contributed by atoms with Crippen molar-refractivity contribution in [3.05, 3.63) is 0 Å². The average Bonchev–Trinajstić information content (AvgIpc) is 0.706. The van der Waals surface area contributed by atoms with Crippen LogP contribution in [0.5, 0.6) is 0 Å². The number of rotatable bonds is 33. The summed E-state index contributed by atoms with van der Waals surface area (Å²) in [5.74, 6) is 10.3. The standard InChI is InChI=1S/C35H57NP2.C23H45NP2.C17H39NP2.C14H33NP2.4CHO.4ClH.4Ru.4H/c1-37(33-15-24-6-25(16-33)8-26(7-24)17-33)4-2-36-3-5-38(34-18-27-9-28(19-34)11-29(10-27)20-34)35-21-30-12-31(22-35)14-32(13-30)23-35;1-25(21-11-5-2-6-12-21)19-17-24-18-20-26(22-13-7-3-8-14-22)23-15-9-4-10-16-23;1-15(2,3)19(10)13-11-18-12-14-20(16(4,5)6)17(7,8)9;1-12(2)16(7)10-8-15-9-11-17(13(3)4)14(5)6;4*1-2;;;;;;;;;;;;/h24-32,36H,2-23H2,1H3;21-24H,2-20H2,1H3;18H,11-14H2,1-10H3;12-15H,8-11H2,1-7H3;4*1H;4*1H;;;;;;;;/q;;;;4*-1;;;;;4*+3;;;;/p+4. The Morgan fingerprint density at radius 3 is 0.915 bits per heavy atom. The van der Waals surface area contributed by atoms with Crippen LogP contribution < -0.4 is 21.3 Å². The topological polar surface area (TPSA) is 116 Å². The Kier molecular flexibility index (Phi) is 68.1. The molecular formula is C93H190Cl4N4O4P8Ru4+12. The van der Waals surface area contributed by atoms with Crippen molar-refractivity contribution in [2.75, 3.05) is 128 Å². The number of halogens is 4. The van der Waals surface area contributed by atoms with E-state index in [1.165, 1.54) is 127 Å². The van der Waals surface area contributed by atoms with Gasteiger partial charge in [-0.1, -0.05) is 19.3 Å². The molecule has 694 valence electrons. The minimum absolute atomic E-state index is 0.0849. The van der Waals surface area contributed by atoms with Gasteiger partial charge in [-0.3, -0.25) is 27.2 Å². The maximum atomic E-state index is 7.75. The molecule has 15 aliphatic carbocycles. The molecule has 4 atom stereocenters. The summed E-state index contributed by atoms with van der Waals surface area (Å²) in [5, 5.41) is 19.6. The zero-order chi connectivity index (χ0) is 88.8. The molecule has 0 spiro atoms. The molecule has 15 aliphatic rings. The zero-order valence-corrected chi connectivity index (χ0v) is 96.7. The Bertz CT molecular complexity index is 2260. The van der Waals surface area contributed by atoms with Gasteiger partial charge in [0.15, 0.2) is 0 Å². The van der Waals surface area contributed by atoms with Crippen LogP contribution in [0, 0.1) is 53.3 Å². The quantitative estimate of drug-likeness (QED) is 0.0169. The fourth-order valence-electron chi connectivity index (χ4n) is 26.7. The second kappa shape index (κ2) is 66.1. The average molecular weight is 2220 g/mol. The van der Waals surface area contributed by atoms with Gasteiger partial charge in [0.25, 0.3) is 0 Å². The number of carbonyl (C=O) groups excluding carboxylic acids is 4. The summed E-state index contributed by atoms with van der Waals surface area (Å²) in [4.78, 5) is 31.0. The summed E-state index contributed by atoms with van der Waals surface area (Å²) in [6.07, 6.45) is 65.0. The second-order valence-electron chi connectivity index (χ2n) is 43.2. The van der Waals surface area contributed by atoms with Crippen molar-refractivity contribution in [2.24, 2.45) is 53.3 Å². The van der Waals surface area contributed by atoms with Crippen molar-refractivity contribution in [3.8, 4) is 0 Å². The number of hydrogen-bond donors (Lipinski definition) is 4. The Labute approximate surface area is 793 Å². The van der Waals surface area contributed by atoms with Crippen LogP contribution in [-0.2, 0) is 88.4 Å². The fourth-order valence-corrected chi connectivity index (χ4v) is 51.8. The van der Waals surface area contributed by atoms with Crippen LogP contribution in [0.3, 0.4) is 0 Å². The van der Waals surface area contributed by atoms with Crippen molar-refractivity contribution in [3.63, 3.8) is 0 Å². The van der Waals surface area contributed by atoms with Crippen LogP contribution >= 0.6 is 102 Å². The number of hydrogen-bond acceptors (Lipinski definition) is 8. The monoisotopic (exact) mass is 2220 g/mol. The first-order valence-corrected chi connectivity index (χ1v) is 72.7. The summed E-state index contributed by atoms with van der Waals surface area (Å²) in [5.41, 5.74) is 6.25. The molecule has 15 saturated carbocycles. The second-order valence-corrected chi connectivity index (χ2v) is 71.5. The predicted octanol–water partition coefficient (Wildman–Crippen LogP) is 24.6. The molecule has 0 amide bonds. The van der Waals surface area contributed by atoms with Crippen molar-refractivity contribution in [2.45, 2.75) is 381 Å². The van der Waals surface area contributed by atoms with Gasteiger partial charge in [-0.25, -0.2) is 0 Å². The predicted molar refractivity (Wildman–Crippen MR) is 545 cm³/mol. The zero-order valence-electron chi connectivity index (χ0n) is 78.3. The van der Waals surface area contributed by atoms with Crippen molar-refractivity contribution in [1.29, 1.82) is 0 Å². The van der Waals surface area contributed by atoms with Gasteiger partial charge in [0.1, 0.15) is 0 Å². The van der Waals surface area contributed by atoms with Gasteiger partial charge in [0.05, 0.1) is 114 Å². The Morgan fingerprint density at radius 1 is 0.325 bits per heavy atom. The normalized spacial score (nSPS) is 29.2. The summed E-state index contributed by atoms with van der Waals surface area (Å²) < 4.78 is 0. The van der Waals surface area contributed by atoms with Crippen LogP contribution in [0.15, 0.2) is 0 Å². The molecule has 24 heteroatoms. The van der Waals surface area contributed by atoms with Gasteiger partial charge >= 0.3 is 108 Å². The summed E-state index contributed by atoms with van der Waals surface area (Å²) in [6.45, 7) is 69.8. The molecule has 15 fully saturated rings. The van der Waals surface area contributed by atoms with E-state index in [0.717, 1.165) is 91.4 Å². The van der Waals surface area contributed by atoms with E-state index >= 15 is 0 Å². The van der Waals surface area contributed by atoms with E-state index in [1.807, 2.05) is 0 Å². The van der Waals surface area contributed by atoms with E-state index in [0.29, 0.717) is 15.5 Å². The van der Waals surface area contributed by atoms with Crippen LogP contribution in [-0.4, -0.2) is 220 Å². The Hall–Kier alpha value is 5.61. The van der Waals surface area contributed by atoms with E-state index in [1.54, 1.807) is 268 Å². The van der Waals surface area contributed by atoms with Crippen LogP contribution in [0.25, 0.3) is 0 Å². The molecule has 15 rings (SSSR count). The van der Waals surface area contributed by atoms with E-state index in [2.05, 4.69) is 218 Å². The first-order valence-electron chi connectivity index (χ1n) is 47.0. The van der Waals surface area contributed by atoms with E-state index in [-0.39, 0.29) is 63.4 Å². The third kappa shape index (κ3) is 42.4. The molecule has 12 bridgehead atoms. The van der Waals surface area contributed by atoms with E-state index < -0.39 is 0 Å².